The van der Waals surface area contributed by atoms with E-state index >= 15 is 0 Å². The molecule has 0 radical (unpaired) electrons. The van der Waals surface area contributed by atoms with E-state index in [0.29, 0.717) is 16.8 Å². The quantitative estimate of drug-likeness (QED) is 0.402. The van der Waals surface area contributed by atoms with Crippen LogP contribution >= 0.6 is 23.6 Å². The smallest absolute Gasteiger partial charge is 0.260 e. The molecular formula is C16H17N5O2S2. The number of thiocarbonyl (C=S) groups is 1. The Morgan fingerprint density at radius 1 is 1.28 bits per heavy atom. The molecule has 2 heterocycles. The van der Waals surface area contributed by atoms with Crippen molar-refractivity contribution in [2.24, 2.45) is 0 Å². The maximum Gasteiger partial charge on any atom is 0.260 e. The summed E-state index contributed by atoms with van der Waals surface area (Å²) in [4.78, 5) is 16.6. The highest BCUT2D eigenvalue weighted by Crippen LogP contribution is 2.25. The van der Waals surface area contributed by atoms with Crippen molar-refractivity contribution in [2.75, 3.05) is 5.32 Å². The predicted molar refractivity (Wildman–Crippen MR) is 102 cm³/mol. The number of aromatic nitrogens is 1. The van der Waals surface area contributed by atoms with E-state index in [-0.39, 0.29) is 5.91 Å². The molecule has 1 atom stereocenters. The third kappa shape index (κ3) is 4.68. The largest absolute Gasteiger partial charge is 0.467 e. The van der Waals surface area contributed by atoms with E-state index in [1.54, 1.807) is 19.3 Å². The maximum absolute atomic E-state index is 12.1. The Morgan fingerprint density at radius 3 is 2.88 bits per heavy atom. The lowest BCUT2D eigenvalue weighted by Gasteiger charge is -2.15. The number of furan rings is 1. The minimum atomic E-state index is -0.471. The average molecular weight is 375 g/mol. The molecule has 25 heavy (non-hydrogen) atoms. The zero-order valence-corrected chi connectivity index (χ0v) is 15.0. The lowest BCUT2D eigenvalue weighted by Crippen LogP contribution is -2.50. The second-order valence-corrected chi connectivity index (χ2v) is 6.67. The molecule has 0 spiro atoms. The molecule has 0 saturated heterocycles. The van der Waals surface area contributed by atoms with Crippen molar-refractivity contribution in [3.05, 3.63) is 48.4 Å². The second kappa shape index (κ2) is 7.95. The third-order valence-electron chi connectivity index (χ3n) is 3.33. The monoisotopic (exact) mass is 375 g/mol. The van der Waals surface area contributed by atoms with Gasteiger partial charge in [0, 0.05) is 0 Å². The summed E-state index contributed by atoms with van der Waals surface area (Å²) in [6.07, 6.45) is 1.59. The number of anilines is 1. The molecule has 0 unspecified atom stereocenters. The van der Waals surface area contributed by atoms with Crippen LogP contribution in [-0.2, 0) is 11.3 Å². The van der Waals surface area contributed by atoms with Crippen molar-refractivity contribution in [3.8, 4) is 0 Å². The number of carbonyl (C=O) groups is 1. The Labute approximate surface area is 153 Å². The van der Waals surface area contributed by atoms with Crippen molar-refractivity contribution in [3.63, 3.8) is 0 Å². The van der Waals surface area contributed by atoms with Gasteiger partial charge in [-0.05, 0) is 43.4 Å². The molecule has 0 aliphatic heterocycles. The van der Waals surface area contributed by atoms with Crippen LogP contribution in [0.2, 0.25) is 0 Å². The van der Waals surface area contributed by atoms with Crippen molar-refractivity contribution in [1.82, 2.24) is 21.2 Å². The Balaban J connectivity index is 1.44. The molecule has 0 bridgehead atoms. The van der Waals surface area contributed by atoms with Crippen LogP contribution in [0.25, 0.3) is 10.2 Å². The zero-order valence-electron chi connectivity index (χ0n) is 13.4. The molecule has 3 aromatic rings. The van der Waals surface area contributed by atoms with Gasteiger partial charge < -0.3 is 15.1 Å². The molecule has 0 aliphatic carbocycles. The van der Waals surface area contributed by atoms with Crippen LogP contribution in [0, 0.1) is 0 Å². The molecule has 130 valence electrons. The highest BCUT2D eigenvalue weighted by molar-refractivity contribution is 7.80. The SMILES string of the molecule is C[C@H](Nc1nc2ccccc2s1)C(=O)NNC(=S)NCc1ccco1. The fourth-order valence-electron chi connectivity index (χ4n) is 2.04. The van der Waals surface area contributed by atoms with E-state index in [2.05, 4.69) is 26.5 Å². The molecule has 7 nitrogen and oxygen atoms in total. The molecule has 2 aromatic heterocycles. The minimum Gasteiger partial charge on any atom is -0.467 e. The fourth-order valence-corrected chi connectivity index (χ4v) is 3.11. The van der Waals surface area contributed by atoms with Gasteiger partial charge in [0.1, 0.15) is 11.8 Å². The molecule has 3 rings (SSSR count). The molecule has 1 aromatic carbocycles. The van der Waals surface area contributed by atoms with Crippen molar-refractivity contribution in [2.45, 2.75) is 19.5 Å². The molecular weight excluding hydrogens is 358 g/mol. The summed E-state index contributed by atoms with van der Waals surface area (Å²) in [6, 6.07) is 11.0. The lowest BCUT2D eigenvalue weighted by molar-refractivity contribution is -0.122. The third-order valence-corrected chi connectivity index (χ3v) is 4.54. The Bertz CT molecular complexity index is 829. The number of benzene rings is 1. The molecule has 0 aliphatic rings. The van der Waals surface area contributed by atoms with Crippen LogP contribution in [-0.4, -0.2) is 22.0 Å². The number of hydrazine groups is 1. The molecule has 0 fully saturated rings. The van der Waals surface area contributed by atoms with Gasteiger partial charge in [0.15, 0.2) is 10.2 Å². The first-order valence-electron chi connectivity index (χ1n) is 7.60. The van der Waals surface area contributed by atoms with Gasteiger partial charge in [-0.1, -0.05) is 23.5 Å². The highest BCUT2D eigenvalue weighted by atomic mass is 32.1. The summed E-state index contributed by atoms with van der Waals surface area (Å²) in [5, 5.41) is 7.01. The predicted octanol–water partition coefficient (Wildman–Crippen LogP) is 2.39. The van der Waals surface area contributed by atoms with Gasteiger partial charge >= 0.3 is 0 Å². The van der Waals surface area contributed by atoms with Crippen LogP contribution in [0.5, 0.6) is 0 Å². The van der Waals surface area contributed by atoms with Crippen molar-refractivity contribution < 1.29 is 9.21 Å². The molecule has 9 heteroatoms. The number of para-hydroxylation sites is 1. The first kappa shape index (κ1) is 17.2. The zero-order chi connectivity index (χ0) is 17.6. The maximum atomic E-state index is 12.1. The summed E-state index contributed by atoms with van der Waals surface area (Å²) in [7, 11) is 0. The number of hydrogen-bond donors (Lipinski definition) is 4. The van der Waals surface area contributed by atoms with Crippen molar-refractivity contribution in [1.29, 1.82) is 0 Å². The molecule has 1 amide bonds. The van der Waals surface area contributed by atoms with Crippen LogP contribution in [0.4, 0.5) is 5.13 Å². The van der Waals surface area contributed by atoms with Gasteiger partial charge in [0.25, 0.3) is 5.91 Å². The van der Waals surface area contributed by atoms with E-state index in [1.165, 1.54) is 11.3 Å². The summed E-state index contributed by atoms with van der Waals surface area (Å²) in [5.74, 6) is 0.503. The normalized spacial score (nSPS) is 11.7. The summed E-state index contributed by atoms with van der Waals surface area (Å²) < 4.78 is 6.25. The van der Waals surface area contributed by atoms with E-state index in [0.717, 1.165) is 16.0 Å². The Kier molecular flexibility index (Phi) is 5.46. The number of rotatable bonds is 5. The minimum absolute atomic E-state index is 0.249. The number of nitrogens with zero attached hydrogens (tertiary/aromatic N) is 1. The standard InChI is InChI=1S/C16H17N5O2S2/c1-10(18-16-19-12-6-2-3-7-13(12)25-16)14(22)20-21-15(24)17-9-11-5-4-8-23-11/h2-8,10H,9H2,1H3,(H,18,19)(H,20,22)(H2,17,21,24)/t10-/m0/s1. The summed E-state index contributed by atoms with van der Waals surface area (Å²) >= 11 is 6.60. The first-order chi connectivity index (χ1) is 12.1. The number of thiazole rings is 1. The van der Waals surface area contributed by atoms with E-state index in [1.807, 2.05) is 30.3 Å². The van der Waals surface area contributed by atoms with Gasteiger partial charge in [0.2, 0.25) is 0 Å². The van der Waals surface area contributed by atoms with Crippen LogP contribution < -0.4 is 21.5 Å². The average Bonchev–Trinajstić information content (AvgIpc) is 3.26. The van der Waals surface area contributed by atoms with Gasteiger partial charge in [-0.3, -0.25) is 15.6 Å². The molecule has 4 N–H and O–H groups in total. The number of fused-ring (bicyclic) bond motifs is 1. The van der Waals surface area contributed by atoms with Crippen LogP contribution in [0.1, 0.15) is 12.7 Å². The number of nitrogens with one attached hydrogen (secondary N) is 4. The van der Waals surface area contributed by atoms with Gasteiger partial charge in [-0.2, -0.15) is 0 Å². The second-order valence-electron chi connectivity index (χ2n) is 5.23. The van der Waals surface area contributed by atoms with Crippen LogP contribution in [0.3, 0.4) is 0 Å². The number of amides is 1. The Hall–Kier alpha value is -2.65. The van der Waals surface area contributed by atoms with E-state index < -0.39 is 6.04 Å². The summed E-state index contributed by atoms with van der Waals surface area (Å²) in [6.45, 7) is 2.19. The Morgan fingerprint density at radius 2 is 2.12 bits per heavy atom. The van der Waals surface area contributed by atoms with E-state index in [4.69, 9.17) is 16.6 Å². The number of hydrogen-bond acceptors (Lipinski definition) is 6. The van der Waals surface area contributed by atoms with Gasteiger partial charge in [0.05, 0.1) is 23.0 Å². The fraction of sp³-hybridized carbons (Fsp3) is 0.188. The van der Waals surface area contributed by atoms with Crippen LogP contribution in [0.15, 0.2) is 47.1 Å². The number of carbonyl (C=O) groups excluding carboxylic acids is 1. The first-order valence-corrected chi connectivity index (χ1v) is 8.82. The van der Waals surface area contributed by atoms with Gasteiger partial charge in [-0.15, -0.1) is 0 Å². The van der Waals surface area contributed by atoms with Gasteiger partial charge in [-0.25, -0.2) is 4.98 Å². The summed E-state index contributed by atoms with van der Waals surface area (Å²) in [5.41, 5.74) is 6.12. The lowest BCUT2D eigenvalue weighted by atomic mass is 10.3. The molecule has 0 saturated carbocycles. The van der Waals surface area contributed by atoms with Crippen molar-refractivity contribution >= 4 is 49.9 Å². The topological polar surface area (TPSA) is 91.2 Å². The van der Waals surface area contributed by atoms with E-state index in [9.17, 15) is 4.79 Å². The highest BCUT2D eigenvalue weighted by Gasteiger charge is 2.14.